The number of carbonyl (C=O) groups is 1. The first kappa shape index (κ1) is 18.4. The van der Waals surface area contributed by atoms with Crippen LogP contribution in [-0.4, -0.2) is 62.2 Å². The molecule has 0 aromatic heterocycles. The summed E-state index contributed by atoms with van der Waals surface area (Å²) in [5, 5.41) is 2.83. The highest BCUT2D eigenvalue weighted by atomic mass is 19.4. The lowest BCUT2D eigenvalue weighted by Gasteiger charge is -2.19. The standard InChI is InChI=1S/C16H22F3N3O2/c1-21(2)10-8-20-15(23)22-9-7-14(11-22)24-13-5-3-12(4-6-13)16(17,18)19/h3-6,14H,7-11H2,1-2H3,(H,20,23). The molecule has 1 aromatic rings. The molecule has 8 heteroatoms. The van der Waals surface area contributed by atoms with E-state index in [1.165, 1.54) is 12.1 Å². The molecule has 1 heterocycles. The number of nitrogens with zero attached hydrogens (tertiary/aromatic N) is 2. The fourth-order valence-corrected chi connectivity index (χ4v) is 2.42. The van der Waals surface area contributed by atoms with E-state index in [4.69, 9.17) is 4.74 Å². The zero-order chi connectivity index (χ0) is 17.7. The Labute approximate surface area is 139 Å². The number of hydrogen-bond donors (Lipinski definition) is 1. The fraction of sp³-hybridized carbons (Fsp3) is 0.562. The number of likely N-dealkylation sites (N-methyl/N-ethyl adjacent to an activating group) is 1. The van der Waals surface area contributed by atoms with E-state index in [1.54, 1.807) is 4.90 Å². The smallest absolute Gasteiger partial charge is 0.416 e. The maximum Gasteiger partial charge on any atom is 0.416 e. The molecule has 0 radical (unpaired) electrons. The van der Waals surface area contributed by atoms with Crippen molar-refractivity contribution in [3.05, 3.63) is 29.8 Å². The number of urea groups is 1. The topological polar surface area (TPSA) is 44.8 Å². The van der Waals surface area contributed by atoms with Gasteiger partial charge in [-0.1, -0.05) is 0 Å². The predicted octanol–water partition coefficient (Wildman–Crippen LogP) is 2.43. The number of likely N-dealkylation sites (tertiary alicyclic amines) is 1. The number of halogens is 3. The predicted molar refractivity (Wildman–Crippen MR) is 84.0 cm³/mol. The van der Waals surface area contributed by atoms with Crippen LogP contribution in [0.25, 0.3) is 0 Å². The van der Waals surface area contributed by atoms with Crippen LogP contribution in [0.2, 0.25) is 0 Å². The van der Waals surface area contributed by atoms with Crippen LogP contribution in [0.4, 0.5) is 18.0 Å². The Hall–Kier alpha value is -1.96. The van der Waals surface area contributed by atoms with Crippen molar-refractivity contribution in [3.8, 4) is 5.75 Å². The van der Waals surface area contributed by atoms with E-state index in [1.807, 2.05) is 19.0 Å². The van der Waals surface area contributed by atoms with Crippen LogP contribution < -0.4 is 10.1 Å². The number of alkyl halides is 3. The number of rotatable bonds is 5. The van der Waals surface area contributed by atoms with E-state index >= 15 is 0 Å². The van der Waals surface area contributed by atoms with Gasteiger partial charge in [-0.15, -0.1) is 0 Å². The van der Waals surface area contributed by atoms with Crippen molar-refractivity contribution in [2.24, 2.45) is 0 Å². The van der Waals surface area contributed by atoms with Gasteiger partial charge in [-0.05, 0) is 38.4 Å². The zero-order valence-corrected chi connectivity index (χ0v) is 13.8. The van der Waals surface area contributed by atoms with Crippen molar-refractivity contribution in [1.29, 1.82) is 0 Å². The van der Waals surface area contributed by atoms with Crippen molar-refractivity contribution in [2.45, 2.75) is 18.7 Å². The molecule has 24 heavy (non-hydrogen) atoms. The molecular weight excluding hydrogens is 323 g/mol. The first-order valence-corrected chi connectivity index (χ1v) is 7.77. The Morgan fingerprint density at radius 1 is 1.33 bits per heavy atom. The summed E-state index contributed by atoms with van der Waals surface area (Å²) in [6.45, 7) is 2.31. The maximum atomic E-state index is 12.5. The maximum absolute atomic E-state index is 12.5. The van der Waals surface area contributed by atoms with Gasteiger partial charge in [-0.25, -0.2) is 4.79 Å². The molecule has 134 valence electrons. The molecule has 0 aliphatic carbocycles. The van der Waals surface area contributed by atoms with Crippen LogP contribution >= 0.6 is 0 Å². The van der Waals surface area contributed by atoms with Crippen LogP contribution in [0.1, 0.15) is 12.0 Å². The molecule has 1 atom stereocenters. The highest BCUT2D eigenvalue weighted by Crippen LogP contribution is 2.30. The average molecular weight is 345 g/mol. The third-order valence-electron chi connectivity index (χ3n) is 3.75. The molecule has 1 fully saturated rings. The molecule has 1 N–H and O–H groups in total. The summed E-state index contributed by atoms with van der Waals surface area (Å²) in [5.41, 5.74) is -0.705. The van der Waals surface area contributed by atoms with Gasteiger partial charge in [0.25, 0.3) is 0 Å². The van der Waals surface area contributed by atoms with Crippen LogP contribution in [-0.2, 0) is 6.18 Å². The van der Waals surface area contributed by atoms with Gasteiger partial charge < -0.3 is 19.9 Å². The first-order valence-electron chi connectivity index (χ1n) is 7.77. The normalized spacial score (nSPS) is 18.1. The quantitative estimate of drug-likeness (QED) is 0.891. The van der Waals surface area contributed by atoms with Crippen molar-refractivity contribution in [2.75, 3.05) is 40.3 Å². The summed E-state index contributed by atoms with van der Waals surface area (Å²) in [6.07, 6.45) is -3.91. The van der Waals surface area contributed by atoms with Crippen LogP contribution in [0.3, 0.4) is 0 Å². The second-order valence-electron chi connectivity index (χ2n) is 6.03. The van der Waals surface area contributed by atoms with Gasteiger partial charge in [0, 0.05) is 26.1 Å². The molecular formula is C16H22F3N3O2. The van der Waals surface area contributed by atoms with Crippen molar-refractivity contribution in [1.82, 2.24) is 15.1 Å². The Kier molecular flexibility index (Phi) is 5.93. The molecule has 0 saturated carbocycles. The summed E-state index contributed by atoms with van der Waals surface area (Å²) in [5.74, 6) is 0.378. The van der Waals surface area contributed by atoms with Gasteiger partial charge in [-0.2, -0.15) is 13.2 Å². The van der Waals surface area contributed by atoms with E-state index in [0.29, 0.717) is 31.8 Å². The lowest BCUT2D eigenvalue weighted by atomic mass is 10.2. The van der Waals surface area contributed by atoms with Gasteiger partial charge in [0.15, 0.2) is 0 Å². The lowest BCUT2D eigenvalue weighted by Crippen LogP contribution is -2.41. The Balaban J connectivity index is 1.80. The second-order valence-corrected chi connectivity index (χ2v) is 6.03. The third kappa shape index (κ3) is 5.30. The SMILES string of the molecule is CN(C)CCNC(=O)N1CCC(Oc2ccc(C(F)(F)F)cc2)C1. The van der Waals surface area contributed by atoms with Gasteiger partial charge in [-0.3, -0.25) is 0 Å². The minimum absolute atomic E-state index is 0.143. The molecule has 1 saturated heterocycles. The summed E-state index contributed by atoms with van der Waals surface area (Å²) in [4.78, 5) is 15.6. The Bertz CT molecular complexity index is 546. The molecule has 1 unspecified atom stereocenters. The van der Waals surface area contributed by atoms with Gasteiger partial charge in [0.2, 0.25) is 0 Å². The van der Waals surface area contributed by atoms with E-state index < -0.39 is 11.7 Å². The minimum Gasteiger partial charge on any atom is -0.489 e. The first-order chi connectivity index (χ1) is 11.3. The zero-order valence-electron chi connectivity index (χ0n) is 13.8. The highest BCUT2D eigenvalue weighted by molar-refractivity contribution is 5.74. The van der Waals surface area contributed by atoms with E-state index in [0.717, 1.165) is 18.7 Å². The summed E-state index contributed by atoms with van der Waals surface area (Å²) < 4.78 is 43.2. The molecule has 0 spiro atoms. The van der Waals surface area contributed by atoms with Gasteiger partial charge >= 0.3 is 12.2 Å². The molecule has 1 aliphatic heterocycles. The molecule has 5 nitrogen and oxygen atoms in total. The molecule has 0 bridgehead atoms. The number of amides is 2. The highest BCUT2D eigenvalue weighted by Gasteiger charge is 2.31. The van der Waals surface area contributed by atoms with Crippen LogP contribution in [0.15, 0.2) is 24.3 Å². The lowest BCUT2D eigenvalue weighted by molar-refractivity contribution is -0.137. The Morgan fingerprint density at radius 2 is 2.00 bits per heavy atom. The summed E-state index contributed by atoms with van der Waals surface area (Å²) in [6, 6.07) is 4.47. The molecule has 1 aliphatic rings. The van der Waals surface area contributed by atoms with E-state index in [-0.39, 0.29) is 12.1 Å². The second kappa shape index (κ2) is 7.74. The van der Waals surface area contributed by atoms with Crippen LogP contribution in [0.5, 0.6) is 5.75 Å². The molecule has 2 rings (SSSR count). The summed E-state index contributed by atoms with van der Waals surface area (Å²) in [7, 11) is 3.85. The number of benzene rings is 1. The molecule has 2 amide bonds. The van der Waals surface area contributed by atoms with Crippen molar-refractivity contribution in [3.63, 3.8) is 0 Å². The summed E-state index contributed by atoms with van der Waals surface area (Å²) >= 11 is 0. The Morgan fingerprint density at radius 3 is 2.58 bits per heavy atom. The monoisotopic (exact) mass is 345 g/mol. The molecule has 1 aromatic carbocycles. The van der Waals surface area contributed by atoms with E-state index in [2.05, 4.69) is 5.32 Å². The fourth-order valence-electron chi connectivity index (χ4n) is 2.42. The van der Waals surface area contributed by atoms with Gasteiger partial charge in [0.1, 0.15) is 11.9 Å². The van der Waals surface area contributed by atoms with Crippen molar-refractivity contribution >= 4 is 6.03 Å². The van der Waals surface area contributed by atoms with Gasteiger partial charge in [0.05, 0.1) is 12.1 Å². The van der Waals surface area contributed by atoms with E-state index in [9.17, 15) is 18.0 Å². The number of ether oxygens (including phenoxy) is 1. The number of carbonyl (C=O) groups excluding carboxylic acids is 1. The third-order valence-corrected chi connectivity index (χ3v) is 3.75. The largest absolute Gasteiger partial charge is 0.489 e. The number of hydrogen-bond acceptors (Lipinski definition) is 3. The number of nitrogens with one attached hydrogen (secondary N) is 1. The van der Waals surface area contributed by atoms with Crippen LogP contribution in [0, 0.1) is 0 Å². The van der Waals surface area contributed by atoms with Crippen molar-refractivity contribution < 1.29 is 22.7 Å². The minimum atomic E-state index is -4.35. The average Bonchev–Trinajstić information content (AvgIpc) is 2.95.